The minimum atomic E-state index is -1.51. The van der Waals surface area contributed by atoms with Crippen LogP contribution in [0.15, 0.2) is 77.1 Å². The minimum absolute atomic E-state index is 0.0607. The molecule has 3 aromatic rings. The molecule has 4 N–H and O–H groups in total. The zero-order valence-electron chi connectivity index (χ0n) is 45.8. The molecule has 0 fully saturated rings. The van der Waals surface area contributed by atoms with Gasteiger partial charge in [0.1, 0.15) is 18.7 Å². The molecule has 3 aromatic carbocycles. The summed E-state index contributed by atoms with van der Waals surface area (Å²) in [6.45, 7) is 12.9. The van der Waals surface area contributed by atoms with Gasteiger partial charge in [0.25, 0.3) is 11.8 Å². The van der Waals surface area contributed by atoms with Gasteiger partial charge in [0.05, 0.1) is 81.8 Å². The fraction of sp³-hybridized carbons (Fsp3) is 0.491. The molecule has 0 spiro atoms. The molecular weight excluding hydrogens is 1010 g/mol. The molecule has 420 valence electrons. The number of nitrogens with zero attached hydrogens (tertiary/aromatic N) is 4. The van der Waals surface area contributed by atoms with Crippen LogP contribution >= 0.6 is 0 Å². The molecule has 7 rings (SSSR count). The summed E-state index contributed by atoms with van der Waals surface area (Å²) >= 11 is 0. The van der Waals surface area contributed by atoms with Crippen molar-refractivity contribution in [1.29, 1.82) is 0 Å². The number of hydrogen-bond donors (Lipinski definition) is 4. The molecule has 6 amide bonds. The van der Waals surface area contributed by atoms with Crippen LogP contribution in [0.5, 0.6) is 23.0 Å². The van der Waals surface area contributed by atoms with Crippen LogP contribution in [-0.2, 0) is 35.2 Å². The van der Waals surface area contributed by atoms with Crippen molar-refractivity contribution < 1.29 is 67.0 Å². The van der Waals surface area contributed by atoms with Gasteiger partial charge in [0.15, 0.2) is 29.2 Å². The lowest BCUT2D eigenvalue weighted by atomic mass is 10.0. The molecule has 0 aromatic heterocycles. The van der Waals surface area contributed by atoms with E-state index in [0.717, 1.165) is 28.9 Å². The number of anilines is 2. The van der Waals surface area contributed by atoms with Gasteiger partial charge in [-0.3, -0.25) is 29.0 Å². The zero-order chi connectivity index (χ0) is 56.0. The van der Waals surface area contributed by atoms with Crippen molar-refractivity contribution in [2.45, 2.75) is 123 Å². The lowest BCUT2D eigenvalue weighted by molar-refractivity contribution is -0.132. The van der Waals surface area contributed by atoms with Crippen LogP contribution < -0.4 is 39.8 Å². The van der Waals surface area contributed by atoms with Gasteiger partial charge in [-0.2, -0.15) is 0 Å². The summed E-state index contributed by atoms with van der Waals surface area (Å²) in [5.41, 5.74) is 4.03. The Balaban J connectivity index is 0.925. The number of unbranched alkanes of at least 4 members (excludes halogenated alkanes) is 2. The summed E-state index contributed by atoms with van der Waals surface area (Å²) in [5, 5.41) is 20.1. The number of aliphatic imine (C=N–C) groups is 1. The minimum Gasteiger partial charge on any atom is -0.493 e. The second-order valence-electron chi connectivity index (χ2n) is 20.0. The topological polar surface area (TPSA) is 245 Å². The molecule has 4 aliphatic rings. The van der Waals surface area contributed by atoms with Gasteiger partial charge in [-0.05, 0) is 95.0 Å². The number of methoxy groups -OCH3 is 2. The number of nitrogens with one attached hydrogen (secondary N) is 3. The first kappa shape index (κ1) is 58.2. The summed E-state index contributed by atoms with van der Waals surface area (Å²) in [6, 6.07) is 10.2. The summed E-state index contributed by atoms with van der Waals surface area (Å²) in [5.74, 6) is -0.813. The first-order valence-electron chi connectivity index (χ1n) is 26.5. The number of carbonyl (C=O) groups excluding carboxylic acids is 6. The smallest absolute Gasteiger partial charge is 0.416 e. The number of aliphatic hydroxyl groups is 1. The number of hydrogen-bond acceptors (Lipinski definition) is 15. The molecule has 0 saturated heterocycles. The fourth-order valence-corrected chi connectivity index (χ4v) is 9.35. The van der Waals surface area contributed by atoms with Crippen LogP contribution in [0.2, 0.25) is 0 Å². The monoisotopic (exact) mass is 1080 g/mol. The van der Waals surface area contributed by atoms with E-state index in [1.165, 1.54) is 38.2 Å². The Bertz CT molecular complexity index is 2760. The molecule has 0 bridgehead atoms. The number of rotatable bonds is 26. The van der Waals surface area contributed by atoms with Crippen LogP contribution in [0.1, 0.15) is 113 Å². The second kappa shape index (κ2) is 27.2. The Labute approximate surface area is 455 Å². The SMILES string of the molecule is CCCOCCOCCC(=O)N[C@H](C(=O)N[C@@H](C)C(=O)Nc1ccc(COC(=O)N2c3cc(OCCCCCOc4cc5c(cc4OC)C(=O)N4C=C(C)C[C@H]4C=N5)c(OC)cc3C(=O)N3C=C(C)C[C@H]3[C@@H]2O)cc1)C(C)C. The molecular formula is C57H73N7O14. The standard InChI is InChI=1S/C57H73N7O14/c1-9-18-74-22-23-75-21-17-50(65)61-51(34(2)3)53(67)59-37(6)52(66)60-39-15-13-38(14-16-39)33-78-57(71)64-44-29-49(47(73-8)27-42(44)55(69)63-32-36(5)25-45(63)56(64)70)77-20-12-10-11-19-76-48-28-43-41(26-46(48)72-7)54(68)62-31-35(4)24-40(62)30-58-43/h13-16,26-32,34,37,40,45,51,56,70H,9-12,17-25,33H2,1-8H3,(H,59,67)(H,60,66)(H,61,65)/t37-,40-,45-,51-,56-/m0/s1. The average Bonchev–Trinajstić information content (AvgIpc) is 4.04. The molecule has 0 unspecified atom stereocenters. The van der Waals surface area contributed by atoms with Crippen LogP contribution in [0.4, 0.5) is 21.9 Å². The highest BCUT2D eigenvalue weighted by atomic mass is 16.6. The van der Waals surface area contributed by atoms with Crippen molar-refractivity contribution in [3.8, 4) is 23.0 Å². The number of amides is 6. The van der Waals surface area contributed by atoms with Gasteiger partial charge in [-0.25, -0.2) is 9.69 Å². The van der Waals surface area contributed by atoms with Crippen molar-refractivity contribution >= 4 is 58.9 Å². The number of aliphatic hydroxyl groups excluding tert-OH is 1. The fourth-order valence-electron chi connectivity index (χ4n) is 9.35. The molecule has 4 aliphatic heterocycles. The molecule has 5 atom stereocenters. The lowest BCUT2D eigenvalue weighted by Gasteiger charge is -2.31. The van der Waals surface area contributed by atoms with Gasteiger partial charge in [-0.15, -0.1) is 0 Å². The zero-order valence-corrected chi connectivity index (χ0v) is 45.8. The van der Waals surface area contributed by atoms with Crippen molar-refractivity contribution in [3.05, 3.63) is 88.8 Å². The number of carbonyl (C=O) groups is 6. The molecule has 21 heteroatoms. The van der Waals surface area contributed by atoms with Gasteiger partial charge in [0, 0.05) is 49.5 Å². The first-order valence-corrected chi connectivity index (χ1v) is 26.5. The van der Waals surface area contributed by atoms with Gasteiger partial charge in [0.2, 0.25) is 17.7 Å². The van der Waals surface area contributed by atoms with Crippen LogP contribution in [0, 0.1) is 5.92 Å². The maximum absolute atomic E-state index is 14.2. The molecule has 78 heavy (non-hydrogen) atoms. The van der Waals surface area contributed by atoms with Crippen molar-refractivity contribution in [3.63, 3.8) is 0 Å². The largest absolute Gasteiger partial charge is 0.493 e. The summed E-state index contributed by atoms with van der Waals surface area (Å²) < 4.78 is 40.2. The Morgan fingerprint density at radius 1 is 0.731 bits per heavy atom. The van der Waals surface area contributed by atoms with E-state index in [0.29, 0.717) is 86.1 Å². The van der Waals surface area contributed by atoms with E-state index in [-0.39, 0.29) is 72.8 Å². The Kier molecular flexibility index (Phi) is 20.3. The number of fused-ring (bicyclic) bond motifs is 4. The van der Waals surface area contributed by atoms with Crippen LogP contribution in [-0.4, -0.2) is 141 Å². The summed E-state index contributed by atoms with van der Waals surface area (Å²) in [4.78, 5) is 89.5. The van der Waals surface area contributed by atoms with E-state index in [1.54, 1.807) is 67.6 Å². The van der Waals surface area contributed by atoms with Crippen LogP contribution in [0.25, 0.3) is 0 Å². The maximum Gasteiger partial charge on any atom is 0.416 e. The molecule has 4 heterocycles. The number of ether oxygens (including phenoxy) is 7. The Morgan fingerprint density at radius 3 is 2.03 bits per heavy atom. The third-order valence-electron chi connectivity index (χ3n) is 13.5. The summed E-state index contributed by atoms with van der Waals surface area (Å²) in [7, 11) is 2.97. The first-order chi connectivity index (χ1) is 37.5. The normalized spacial score (nSPS) is 18.1. The van der Waals surface area contributed by atoms with Crippen LogP contribution in [0.3, 0.4) is 0 Å². The highest BCUT2D eigenvalue weighted by Crippen LogP contribution is 2.43. The van der Waals surface area contributed by atoms with E-state index in [1.807, 2.05) is 27.0 Å². The second-order valence-corrected chi connectivity index (χ2v) is 20.0. The van der Waals surface area contributed by atoms with E-state index < -0.39 is 48.2 Å². The third kappa shape index (κ3) is 14.3. The van der Waals surface area contributed by atoms with Crippen molar-refractivity contribution in [2.24, 2.45) is 10.9 Å². The van der Waals surface area contributed by atoms with Crippen molar-refractivity contribution in [1.82, 2.24) is 20.4 Å². The molecule has 21 nitrogen and oxygen atoms in total. The predicted molar refractivity (Wildman–Crippen MR) is 290 cm³/mol. The average molecular weight is 1080 g/mol. The van der Waals surface area contributed by atoms with Crippen molar-refractivity contribution in [2.75, 3.05) is 64.1 Å². The Hall–Kier alpha value is -7.49. The quantitative estimate of drug-likeness (QED) is 0.0582. The predicted octanol–water partition coefficient (Wildman–Crippen LogP) is 7.18. The Morgan fingerprint density at radius 2 is 1.36 bits per heavy atom. The van der Waals surface area contributed by atoms with E-state index in [4.69, 9.17) is 33.2 Å². The van der Waals surface area contributed by atoms with E-state index in [2.05, 4.69) is 20.9 Å². The maximum atomic E-state index is 14.2. The van der Waals surface area contributed by atoms with Gasteiger partial charge >= 0.3 is 6.09 Å². The lowest BCUT2D eigenvalue weighted by Crippen LogP contribution is -2.53. The summed E-state index contributed by atoms with van der Waals surface area (Å²) in [6.07, 6.45) is 6.87. The third-order valence-corrected chi connectivity index (χ3v) is 13.5. The molecule has 0 radical (unpaired) electrons. The van der Waals surface area contributed by atoms with Gasteiger partial charge in [-0.1, -0.05) is 44.1 Å². The number of benzene rings is 3. The molecule has 0 saturated carbocycles. The molecule has 0 aliphatic carbocycles. The van der Waals surface area contributed by atoms with E-state index in [9.17, 15) is 33.9 Å². The van der Waals surface area contributed by atoms with Gasteiger partial charge < -0.3 is 64.0 Å². The highest BCUT2D eigenvalue weighted by Gasteiger charge is 2.45. The van der Waals surface area contributed by atoms with E-state index >= 15 is 0 Å². The highest BCUT2D eigenvalue weighted by molar-refractivity contribution is 6.07.